The van der Waals surface area contributed by atoms with Crippen LogP contribution >= 0.6 is 0 Å². The fourth-order valence-electron chi connectivity index (χ4n) is 3.94. The second kappa shape index (κ2) is 8.76. The summed E-state index contributed by atoms with van der Waals surface area (Å²) >= 11 is 0. The summed E-state index contributed by atoms with van der Waals surface area (Å²) < 4.78 is 25.6. The standard InChI is InChI=1S/C23H26N4O4S/c1-26(2)32(30,31)19-9-7-18(8-10-19)27-15-17(13-22(27)28)23(29)24-12-11-16-14-25-21-6-4-3-5-20(16)21/h3-10,14,17,25H,11-13,15H2,1-2H3,(H,24,29)/t17-/m1/s1. The zero-order valence-corrected chi connectivity index (χ0v) is 18.9. The summed E-state index contributed by atoms with van der Waals surface area (Å²) in [6.07, 6.45) is 2.79. The van der Waals surface area contributed by atoms with E-state index in [1.54, 1.807) is 12.1 Å². The number of carbonyl (C=O) groups excluding carboxylic acids is 2. The van der Waals surface area contributed by atoms with Crippen LogP contribution < -0.4 is 10.2 Å². The van der Waals surface area contributed by atoms with Gasteiger partial charge in [-0.05, 0) is 42.3 Å². The quantitative estimate of drug-likeness (QED) is 0.571. The Balaban J connectivity index is 1.35. The van der Waals surface area contributed by atoms with Gasteiger partial charge >= 0.3 is 0 Å². The maximum Gasteiger partial charge on any atom is 0.242 e. The highest BCUT2D eigenvalue weighted by molar-refractivity contribution is 7.89. The summed E-state index contributed by atoms with van der Waals surface area (Å²) in [5.41, 5.74) is 2.79. The van der Waals surface area contributed by atoms with Crippen molar-refractivity contribution in [2.24, 2.45) is 5.92 Å². The minimum Gasteiger partial charge on any atom is -0.361 e. The third kappa shape index (κ3) is 4.26. The molecule has 1 saturated heterocycles. The molecule has 0 aliphatic carbocycles. The summed E-state index contributed by atoms with van der Waals surface area (Å²) in [7, 11) is -0.600. The van der Waals surface area contributed by atoms with Crippen molar-refractivity contribution in [3.05, 3.63) is 60.3 Å². The second-order valence-corrected chi connectivity index (χ2v) is 10.2. The van der Waals surface area contributed by atoms with Crippen LogP contribution in [0.5, 0.6) is 0 Å². The van der Waals surface area contributed by atoms with Crippen molar-refractivity contribution in [2.45, 2.75) is 17.7 Å². The topological polar surface area (TPSA) is 103 Å². The van der Waals surface area contributed by atoms with E-state index in [0.29, 0.717) is 18.7 Å². The minimum atomic E-state index is -3.53. The maximum absolute atomic E-state index is 12.6. The number of hydrogen-bond donors (Lipinski definition) is 2. The lowest BCUT2D eigenvalue weighted by molar-refractivity contribution is -0.126. The molecule has 3 aromatic rings. The molecule has 0 saturated carbocycles. The molecule has 4 rings (SSSR count). The first-order valence-electron chi connectivity index (χ1n) is 10.4. The van der Waals surface area contributed by atoms with Crippen LogP contribution in [-0.4, -0.2) is 56.7 Å². The third-order valence-electron chi connectivity index (χ3n) is 5.79. The largest absolute Gasteiger partial charge is 0.361 e. The molecule has 2 aromatic carbocycles. The van der Waals surface area contributed by atoms with Gasteiger partial charge in [0.1, 0.15) is 0 Å². The second-order valence-electron chi connectivity index (χ2n) is 8.09. The lowest BCUT2D eigenvalue weighted by atomic mass is 10.1. The molecule has 32 heavy (non-hydrogen) atoms. The molecule has 1 atom stereocenters. The first kappa shape index (κ1) is 22.0. The number of sulfonamides is 1. The van der Waals surface area contributed by atoms with E-state index in [2.05, 4.69) is 10.3 Å². The van der Waals surface area contributed by atoms with Crippen LogP contribution in [0.1, 0.15) is 12.0 Å². The Morgan fingerprint density at radius 3 is 2.59 bits per heavy atom. The zero-order chi connectivity index (χ0) is 22.9. The van der Waals surface area contributed by atoms with Gasteiger partial charge in [0.05, 0.1) is 10.8 Å². The predicted molar refractivity (Wildman–Crippen MR) is 123 cm³/mol. The Morgan fingerprint density at radius 2 is 1.88 bits per heavy atom. The Bertz CT molecular complexity index is 1250. The lowest BCUT2D eigenvalue weighted by Gasteiger charge is -2.18. The molecule has 168 valence electrons. The van der Waals surface area contributed by atoms with Crippen LogP contribution in [0.25, 0.3) is 10.9 Å². The van der Waals surface area contributed by atoms with Crippen LogP contribution in [0.2, 0.25) is 0 Å². The SMILES string of the molecule is CN(C)S(=O)(=O)c1ccc(N2C[C@H](C(=O)NCCc3c[nH]c4ccccc34)CC2=O)cc1. The number of para-hydroxylation sites is 1. The van der Waals surface area contributed by atoms with E-state index in [1.807, 2.05) is 30.5 Å². The number of nitrogens with zero attached hydrogens (tertiary/aromatic N) is 2. The van der Waals surface area contributed by atoms with Gasteiger partial charge in [-0.1, -0.05) is 18.2 Å². The van der Waals surface area contributed by atoms with E-state index in [4.69, 9.17) is 0 Å². The molecular formula is C23H26N4O4S. The van der Waals surface area contributed by atoms with Gasteiger partial charge in [-0.15, -0.1) is 0 Å². The maximum atomic E-state index is 12.6. The summed E-state index contributed by atoms with van der Waals surface area (Å²) in [5, 5.41) is 4.09. The van der Waals surface area contributed by atoms with E-state index in [0.717, 1.165) is 20.8 Å². The van der Waals surface area contributed by atoms with Crippen LogP contribution in [0.4, 0.5) is 5.69 Å². The van der Waals surface area contributed by atoms with Gasteiger partial charge in [-0.25, -0.2) is 12.7 Å². The summed E-state index contributed by atoms with van der Waals surface area (Å²) in [6.45, 7) is 0.764. The minimum absolute atomic E-state index is 0.136. The van der Waals surface area contributed by atoms with Gasteiger partial charge in [-0.2, -0.15) is 0 Å². The zero-order valence-electron chi connectivity index (χ0n) is 18.0. The van der Waals surface area contributed by atoms with Crippen molar-refractivity contribution in [1.82, 2.24) is 14.6 Å². The molecule has 9 heteroatoms. The summed E-state index contributed by atoms with van der Waals surface area (Å²) in [5.74, 6) is -0.729. The number of fused-ring (bicyclic) bond motifs is 1. The van der Waals surface area contributed by atoms with Crippen molar-refractivity contribution in [2.75, 3.05) is 32.1 Å². The Kier molecular flexibility index (Phi) is 6.03. The number of benzene rings is 2. The molecule has 2 N–H and O–H groups in total. The molecule has 2 amide bonds. The van der Waals surface area contributed by atoms with Crippen molar-refractivity contribution in [3.63, 3.8) is 0 Å². The van der Waals surface area contributed by atoms with Gasteiger partial charge in [0.2, 0.25) is 21.8 Å². The molecule has 2 heterocycles. The average Bonchev–Trinajstić information content (AvgIpc) is 3.37. The molecular weight excluding hydrogens is 428 g/mol. The number of aromatic amines is 1. The molecule has 0 unspecified atom stereocenters. The van der Waals surface area contributed by atoms with Crippen molar-refractivity contribution in [3.8, 4) is 0 Å². The molecule has 1 aliphatic rings. The molecule has 0 spiro atoms. The fraction of sp³-hybridized carbons (Fsp3) is 0.304. The number of hydrogen-bond acceptors (Lipinski definition) is 4. The van der Waals surface area contributed by atoms with E-state index >= 15 is 0 Å². The summed E-state index contributed by atoms with van der Waals surface area (Å²) in [4.78, 5) is 30.1. The van der Waals surface area contributed by atoms with Crippen molar-refractivity contribution < 1.29 is 18.0 Å². The van der Waals surface area contributed by atoms with Crippen LogP contribution in [-0.2, 0) is 26.0 Å². The number of rotatable bonds is 7. The molecule has 0 bridgehead atoms. The van der Waals surface area contributed by atoms with E-state index in [1.165, 1.54) is 31.1 Å². The summed E-state index contributed by atoms with van der Waals surface area (Å²) in [6, 6.07) is 14.2. The normalized spacial score (nSPS) is 16.8. The number of amides is 2. The highest BCUT2D eigenvalue weighted by atomic mass is 32.2. The average molecular weight is 455 g/mol. The van der Waals surface area contributed by atoms with Gasteiger partial charge in [0.25, 0.3) is 0 Å². The van der Waals surface area contributed by atoms with Gasteiger partial charge < -0.3 is 15.2 Å². The van der Waals surface area contributed by atoms with Gasteiger partial charge in [0.15, 0.2) is 0 Å². The Hall–Kier alpha value is -3.17. The van der Waals surface area contributed by atoms with Crippen LogP contribution in [0.15, 0.2) is 59.6 Å². The number of anilines is 1. The molecule has 1 aromatic heterocycles. The predicted octanol–water partition coefficient (Wildman–Crippen LogP) is 2.13. The molecule has 1 fully saturated rings. The first-order valence-corrected chi connectivity index (χ1v) is 11.9. The van der Waals surface area contributed by atoms with Gasteiger partial charge in [0, 0.05) is 56.4 Å². The molecule has 8 nitrogen and oxygen atoms in total. The number of aromatic nitrogens is 1. The van der Waals surface area contributed by atoms with E-state index in [9.17, 15) is 18.0 Å². The highest BCUT2D eigenvalue weighted by Crippen LogP contribution is 2.27. The van der Waals surface area contributed by atoms with Crippen LogP contribution in [0.3, 0.4) is 0 Å². The number of carbonyl (C=O) groups is 2. The molecule has 0 radical (unpaired) electrons. The lowest BCUT2D eigenvalue weighted by Crippen LogP contribution is -2.34. The Morgan fingerprint density at radius 1 is 1.16 bits per heavy atom. The number of H-pyrrole nitrogens is 1. The van der Waals surface area contributed by atoms with Crippen molar-refractivity contribution in [1.29, 1.82) is 0 Å². The van der Waals surface area contributed by atoms with E-state index in [-0.39, 0.29) is 29.7 Å². The highest BCUT2D eigenvalue weighted by Gasteiger charge is 2.35. The third-order valence-corrected chi connectivity index (χ3v) is 7.62. The van der Waals surface area contributed by atoms with Gasteiger partial charge in [-0.3, -0.25) is 9.59 Å². The molecule has 1 aliphatic heterocycles. The fourth-order valence-corrected chi connectivity index (χ4v) is 4.85. The smallest absolute Gasteiger partial charge is 0.242 e. The first-order chi connectivity index (χ1) is 15.3. The van der Waals surface area contributed by atoms with E-state index < -0.39 is 15.9 Å². The number of nitrogens with one attached hydrogen (secondary N) is 2. The Labute approximate surface area is 187 Å². The van der Waals surface area contributed by atoms with Crippen molar-refractivity contribution >= 4 is 38.4 Å². The monoisotopic (exact) mass is 454 g/mol. The van der Waals surface area contributed by atoms with Crippen LogP contribution in [0, 0.1) is 5.92 Å².